The summed E-state index contributed by atoms with van der Waals surface area (Å²) in [5.41, 5.74) is 1.12. The molecule has 1 unspecified atom stereocenters. The Morgan fingerprint density at radius 1 is 1.00 bits per heavy atom. The minimum Gasteiger partial charge on any atom is -0.304 e. The molecule has 2 aromatic rings. The number of halogens is 1. The van der Waals surface area contributed by atoms with Gasteiger partial charge in [0.05, 0.1) is 4.90 Å². The Labute approximate surface area is 160 Å². The number of hydrogen-bond acceptors (Lipinski definition) is 4. The Kier molecular flexibility index (Phi) is 6.32. The molecule has 7 heteroatoms. The van der Waals surface area contributed by atoms with Crippen LogP contribution in [0.3, 0.4) is 0 Å². The van der Waals surface area contributed by atoms with Crippen molar-refractivity contribution in [2.75, 3.05) is 39.8 Å². The van der Waals surface area contributed by atoms with E-state index in [-0.39, 0.29) is 10.9 Å². The molecule has 0 spiro atoms. The lowest BCUT2D eigenvalue weighted by Gasteiger charge is -2.38. The molecule has 0 bridgehead atoms. The number of piperazine rings is 1. The highest BCUT2D eigenvalue weighted by molar-refractivity contribution is 7.89. The van der Waals surface area contributed by atoms with Crippen molar-refractivity contribution in [3.8, 4) is 0 Å². The van der Waals surface area contributed by atoms with E-state index < -0.39 is 10.0 Å². The summed E-state index contributed by atoms with van der Waals surface area (Å²) >= 11 is 5.86. The molecule has 3 rings (SSSR count). The van der Waals surface area contributed by atoms with Crippen LogP contribution in [-0.4, -0.2) is 58.0 Å². The van der Waals surface area contributed by atoms with Gasteiger partial charge in [-0.2, -0.15) is 0 Å². The van der Waals surface area contributed by atoms with Crippen molar-refractivity contribution < 1.29 is 8.42 Å². The zero-order valence-corrected chi connectivity index (χ0v) is 16.4. The third-order valence-corrected chi connectivity index (χ3v) is 6.45. The summed E-state index contributed by atoms with van der Waals surface area (Å²) in [6.07, 6.45) is 0. The van der Waals surface area contributed by atoms with Gasteiger partial charge in [0.25, 0.3) is 0 Å². The number of benzene rings is 2. The second-order valence-electron chi connectivity index (χ2n) is 6.57. The van der Waals surface area contributed by atoms with E-state index in [1.165, 1.54) is 12.1 Å². The van der Waals surface area contributed by atoms with E-state index >= 15 is 0 Å². The summed E-state index contributed by atoms with van der Waals surface area (Å²) in [4.78, 5) is 4.86. The van der Waals surface area contributed by atoms with Crippen LogP contribution in [0.1, 0.15) is 11.6 Å². The van der Waals surface area contributed by atoms with Gasteiger partial charge in [-0.05, 0) is 36.9 Å². The Morgan fingerprint density at radius 2 is 1.62 bits per heavy atom. The molecule has 0 amide bonds. The SMILES string of the molecule is CN1CCN(C(CNS(=O)(=O)c2ccc(Cl)cc2)c2ccccc2)CC1. The minimum atomic E-state index is -3.58. The first kappa shape index (κ1) is 19.3. The maximum atomic E-state index is 12.6. The maximum Gasteiger partial charge on any atom is 0.240 e. The van der Waals surface area contributed by atoms with Gasteiger partial charge in [0.15, 0.2) is 0 Å². The predicted octanol–water partition coefficient (Wildman–Crippen LogP) is 2.61. The first-order chi connectivity index (χ1) is 12.5. The molecule has 5 nitrogen and oxygen atoms in total. The van der Waals surface area contributed by atoms with Crippen molar-refractivity contribution in [3.63, 3.8) is 0 Å². The number of hydrogen-bond donors (Lipinski definition) is 1. The molecule has 0 aromatic heterocycles. The Hall–Kier alpha value is -1.44. The summed E-state index contributed by atoms with van der Waals surface area (Å²) in [5, 5.41) is 0.517. The molecule has 1 N–H and O–H groups in total. The molecule has 2 aromatic carbocycles. The van der Waals surface area contributed by atoms with E-state index in [1.807, 2.05) is 18.2 Å². The Morgan fingerprint density at radius 3 is 2.23 bits per heavy atom. The van der Waals surface area contributed by atoms with Crippen molar-refractivity contribution >= 4 is 21.6 Å². The lowest BCUT2D eigenvalue weighted by Crippen LogP contribution is -2.48. The van der Waals surface area contributed by atoms with Crippen LogP contribution in [0.2, 0.25) is 5.02 Å². The fraction of sp³-hybridized carbons (Fsp3) is 0.368. The average Bonchev–Trinajstić information content (AvgIpc) is 2.64. The zero-order chi connectivity index (χ0) is 18.6. The highest BCUT2D eigenvalue weighted by Crippen LogP contribution is 2.22. The number of nitrogens with zero attached hydrogens (tertiary/aromatic N) is 2. The molecule has 1 aliphatic rings. The fourth-order valence-electron chi connectivity index (χ4n) is 3.15. The molecular formula is C19H24ClN3O2S. The lowest BCUT2D eigenvalue weighted by atomic mass is 10.0. The third kappa shape index (κ3) is 4.84. The molecule has 1 atom stereocenters. The minimum absolute atomic E-state index is 0.00646. The highest BCUT2D eigenvalue weighted by atomic mass is 35.5. The molecule has 1 saturated heterocycles. The summed E-state index contributed by atoms with van der Waals surface area (Å²) in [5.74, 6) is 0. The number of likely N-dealkylation sites (N-methyl/N-ethyl adjacent to an activating group) is 1. The quantitative estimate of drug-likeness (QED) is 0.819. The van der Waals surface area contributed by atoms with Crippen LogP contribution < -0.4 is 4.72 Å². The second-order valence-corrected chi connectivity index (χ2v) is 8.77. The van der Waals surface area contributed by atoms with Crippen molar-refractivity contribution in [1.29, 1.82) is 0 Å². The van der Waals surface area contributed by atoms with Crippen LogP contribution in [0.5, 0.6) is 0 Å². The summed E-state index contributed by atoms with van der Waals surface area (Å²) in [6.45, 7) is 4.12. The van der Waals surface area contributed by atoms with Crippen LogP contribution in [0.4, 0.5) is 0 Å². The summed E-state index contributed by atoms with van der Waals surface area (Å²) < 4.78 is 28.0. The first-order valence-electron chi connectivity index (χ1n) is 8.68. The molecule has 1 aliphatic heterocycles. The maximum absolute atomic E-state index is 12.6. The smallest absolute Gasteiger partial charge is 0.240 e. The van der Waals surface area contributed by atoms with Gasteiger partial charge in [-0.1, -0.05) is 41.9 Å². The van der Waals surface area contributed by atoms with Gasteiger partial charge in [0, 0.05) is 43.8 Å². The topological polar surface area (TPSA) is 52.6 Å². The summed E-state index contributed by atoms with van der Waals surface area (Å²) in [7, 11) is -1.47. The third-order valence-electron chi connectivity index (χ3n) is 4.75. The highest BCUT2D eigenvalue weighted by Gasteiger charge is 2.25. The average molecular weight is 394 g/mol. The van der Waals surface area contributed by atoms with E-state index in [4.69, 9.17) is 11.6 Å². The molecule has 0 saturated carbocycles. The number of sulfonamides is 1. The van der Waals surface area contributed by atoms with E-state index in [9.17, 15) is 8.42 Å². The summed E-state index contributed by atoms with van der Waals surface area (Å²) in [6, 6.07) is 16.3. The predicted molar refractivity (Wildman–Crippen MR) is 105 cm³/mol. The number of nitrogens with one attached hydrogen (secondary N) is 1. The van der Waals surface area contributed by atoms with Gasteiger partial charge in [0.2, 0.25) is 10.0 Å². The Bertz CT molecular complexity index is 804. The molecule has 1 heterocycles. The first-order valence-corrected chi connectivity index (χ1v) is 10.5. The number of rotatable bonds is 6. The molecule has 26 heavy (non-hydrogen) atoms. The van der Waals surface area contributed by atoms with Gasteiger partial charge < -0.3 is 4.90 Å². The molecule has 0 radical (unpaired) electrons. The lowest BCUT2D eigenvalue weighted by molar-refractivity contribution is 0.113. The molecular weight excluding hydrogens is 370 g/mol. The van der Waals surface area contributed by atoms with E-state index in [2.05, 4.69) is 33.7 Å². The second kappa shape index (κ2) is 8.50. The van der Waals surface area contributed by atoms with Crippen molar-refractivity contribution in [3.05, 3.63) is 65.2 Å². The standard InChI is InChI=1S/C19H24ClN3O2S/c1-22-11-13-23(14-12-22)19(16-5-3-2-4-6-16)15-21-26(24,25)18-9-7-17(20)8-10-18/h2-10,19,21H,11-15H2,1H3. The van der Waals surface area contributed by atoms with E-state index in [1.54, 1.807) is 12.1 Å². The zero-order valence-electron chi connectivity index (χ0n) is 14.8. The van der Waals surface area contributed by atoms with Crippen LogP contribution in [0, 0.1) is 0 Å². The van der Waals surface area contributed by atoms with Gasteiger partial charge in [0.1, 0.15) is 0 Å². The normalized spacial score (nSPS) is 17.9. The van der Waals surface area contributed by atoms with Crippen LogP contribution in [-0.2, 0) is 10.0 Å². The van der Waals surface area contributed by atoms with Crippen LogP contribution in [0.15, 0.2) is 59.5 Å². The van der Waals surface area contributed by atoms with Crippen LogP contribution in [0.25, 0.3) is 0 Å². The van der Waals surface area contributed by atoms with E-state index in [0.717, 1.165) is 31.7 Å². The van der Waals surface area contributed by atoms with Crippen molar-refractivity contribution in [2.24, 2.45) is 0 Å². The molecule has 1 fully saturated rings. The largest absolute Gasteiger partial charge is 0.304 e. The van der Waals surface area contributed by atoms with Gasteiger partial charge in [-0.25, -0.2) is 13.1 Å². The van der Waals surface area contributed by atoms with Gasteiger partial charge >= 0.3 is 0 Å². The van der Waals surface area contributed by atoms with Crippen molar-refractivity contribution in [2.45, 2.75) is 10.9 Å². The molecule has 0 aliphatic carbocycles. The Balaban J connectivity index is 1.76. The van der Waals surface area contributed by atoms with Crippen molar-refractivity contribution in [1.82, 2.24) is 14.5 Å². The van der Waals surface area contributed by atoms with Gasteiger partial charge in [-0.15, -0.1) is 0 Å². The van der Waals surface area contributed by atoms with Crippen LogP contribution >= 0.6 is 11.6 Å². The monoisotopic (exact) mass is 393 g/mol. The van der Waals surface area contributed by atoms with Gasteiger partial charge in [-0.3, -0.25) is 4.90 Å². The van der Waals surface area contributed by atoms with E-state index in [0.29, 0.717) is 11.6 Å². The molecule has 140 valence electrons. The fourth-order valence-corrected chi connectivity index (χ4v) is 4.32.